The molecule has 5 nitrogen and oxygen atoms in total. The number of aromatic nitrogens is 2. The van der Waals surface area contributed by atoms with Crippen LogP contribution in [0, 0.1) is 0 Å². The maximum absolute atomic E-state index is 6.13. The molecule has 2 aromatic carbocycles. The molecule has 1 aromatic heterocycles. The molecular weight excluding hydrogens is 348 g/mol. The van der Waals surface area contributed by atoms with E-state index in [4.69, 9.17) is 4.74 Å². The van der Waals surface area contributed by atoms with Crippen molar-refractivity contribution in [1.82, 2.24) is 19.8 Å². The molecule has 0 saturated carbocycles. The first-order valence-electron chi connectivity index (χ1n) is 8.85. The number of piperazine rings is 1. The van der Waals surface area contributed by atoms with Crippen LogP contribution in [-0.2, 0) is 7.05 Å². The average molecular weight is 373 g/mol. The Labute approximate surface area is 160 Å². The highest BCUT2D eigenvalue weighted by atomic mass is 35.5. The lowest BCUT2D eigenvalue weighted by atomic mass is 10.1. The van der Waals surface area contributed by atoms with Crippen LogP contribution in [0.2, 0.25) is 0 Å². The van der Waals surface area contributed by atoms with Gasteiger partial charge >= 0.3 is 0 Å². The van der Waals surface area contributed by atoms with E-state index in [1.54, 1.807) is 0 Å². The zero-order valence-electron chi connectivity index (χ0n) is 15.0. The van der Waals surface area contributed by atoms with E-state index >= 15 is 0 Å². The van der Waals surface area contributed by atoms with Crippen molar-refractivity contribution in [2.24, 2.45) is 7.05 Å². The molecule has 1 saturated heterocycles. The largest absolute Gasteiger partial charge is 0.492 e. The van der Waals surface area contributed by atoms with Gasteiger partial charge in [-0.2, -0.15) is 0 Å². The van der Waals surface area contributed by atoms with E-state index in [-0.39, 0.29) is 12.4 Å². The number of hydrogen-bond donors (Lipinski definition) is 1. The van der Waals surface area contributed by atoms with Gasteiger partial charge in [0.25, 0.3) is 0 Å². The number of rotatable bonds is 5. The predicted octanol–water partition coefficient (Wildman–Crippen LogP) is 3.02. The molecule has 0 amide bonds. The number of fused-ring (bicyclic) bond motifs is 1. The van der Waals surface area contributed by atoms with E-state index in [0.717, 1.165) is 37.8 Å². The van der Waals surface area contributed by atoms with Gasteiger partial charge in [0.2, 0.25) is 0 Å². The van der Waals surface area contributed by atoms with Crippen LogP contribution in [0.1, 0.15) is 11.9 Å². The van der Waals surface area contributed by atoms with Crippen LogP contribution in [0.15, 0.2) is 54.9 Å². The molecule has 4 rings (SSSR count). The van der Waals surface area contributed by atoms with Crippen LogP contribution >= 0.6 is 12.4 Å². The summed E-state index contributed by atoms with van der Waals surface area (Å²) < 4.78 is 8.24. The second-order valence-electron chi connectivity index (χ2n) is 6.48. The smallest absolute Gasteiger partial charge is 0.127 e. The maximum atomic E-state index is 6.13. The van der Waals surface area contributed by atoms with Gasteiger partial charge in [-0.05, 0) is 11.5 Å². The van der Waals surface area contributed by atoms with Crippen molar-refractivity contribution in [3.05, 3.63) is 60.7 Å². The van der Waals surface area contributed by atoms with E-state index in [0.29, 0.717) is 12.6 Å². The van der Waals surface area contributed by atoms with Gasteiger partial charge in [0.05, 0.1) is 6.04 Å². The third kappa shape index (κ3) is 3.85. The fourth-order valence-electron chi connectivity index (χ4n) is 3.56. The fourth-order valence-corrected chi connectivity index (χ4v) is 3.56. The first-order valence-corrected chi connectivity index (χ1v) is 8.85. The van der Waals surface area contributed by atoms with Gasteiger partial charge in [0.15, 0.2) is 0 Å². The van der Waals surface area contributed by atoms with E-state index in [1.807, 2.05) is 12.4 Å². The number of nitrogens with one attached hydrogen (secondary N) is 1. The van der Waals surface area contributed by atoms with Gasteiger partial charge in [0, 0.05) is 51.0 Å². The van der Waals surface area contributed by atoms with Crippen LogP contribution in [0.5, 0.6) is 5.75 Å². The Hall–Kier alpha value is -2.08. The first-order chi connectivity index (χ1) is 12.3. The van der Waals surface area contributed by atoms with Crippen molar-refractivity contribution < 1.29 is 4.74 Å². The zero-order chi connectivity index (χ0) is 17.1. The maximum Gasteiger partial charge on any atom is 0.127 e. The summed E-state index contributed by atoms with van der Waals surface area (Å²) in [6.45, 7) is 4.52. The minimum atomic E-state index is 0. The topological polar surface area (TPSA) is 42.3 Å². The SMILES string of the molecule is Cl.Cn1ccnc1C1CNCCN1CCOc1cccc2ccccc12. The van der Waals surface area contributed by atoms with Crippen molar-refractivity contribution in [3.8, 4) is 5.75 Å². The highest BCUT2D eigenvalue weighted by Gasteiger charge is 2.26. The third-order valence-electron chi connectivity index (χ3n) is 4.90. The molecule has 0 radical (unpaired) electrons. The standard InChI is InChI=1S/C20H24N4O.ClH/c1-23-11-10-22-20(23)18-15-21-9-12-24(18)13-14-25-19-8-4-6-16-5-2-3-7-17(16)19;/h2-8,10-11,18,21H,9,12-15H2,1H3;1H. The predicted molar refractivity (Wildman–Crippen MR) is 107 cm³/mol. The molecule has 138 valence electrons. The molecule has 1 atom stereocenters. The number of halogens is 1. The van der Waals surface area contributed by atoms with Crippen LogP contribution in [0.3, 0.4) is 0 Å². The number of ether oxygens (including phenoxy) is 1. The summed E-state index contributed by atoms with van der Waals surface area (Å²) in [5.74, 6) is 2.07. The number of hydrogen-bond acceptors (Lipinski definition) is 4. The molecule has 0 aliphatic carbocycles. The highest BCUT2D eigenvalue weighted by Crippen LogP contribution is 2.25. The van der Waals surface area contributed by atoms with Gasteiger partial charge in [0.1, 0.15) is 18.2 Å². The Bertz CT molecular complexity index is 845. The van der Waals surface area contributed by atoms with E-state index in [9.17, 15) is 0 Å². The Kier molecular flexibility index (Phi) is 6.14. The van der Waals surface area contributed by atoms with Crippen LogP contribution in [-0.4, -0.2) is 47.2 Å². The Balaban J connectivity index is 0.00000196. The summed E-state index contributed by atoms with van der Waals surface area (Å²) in [7, 11) is 2.06. The molecule has 26 heavy (non-hydrogen) atoms. The number of imidazole rings is 1. The monoisotopic (exact) mass is 372 g/mol. The minimum Gasteiger partial charge on any atom is -0.492 e. The Morgan fingerprint density at radius 2 is 2.04 bits per heavy atom. The molecule has 1 aliphatic heterocycles. The molecule has 1 fully saturated rings. The fraction of sp³-hybridized carbons (Fsp3) is 0.350. The zero-order valence-corrected chi connectivity index (χ0v) is 15.8. The molecule has 1 unspecified atom stereocenters. The summed E-state index contributed by atoms with van der Waals surface area (Å²) in [6.07, 6.45) is 3.88. The minimum absolute atomic E-state index is 0. The Morgan fingerprint density at radius 3 is 2.88 bits per heavy atom. The quantitative estimate of drug-likeness (QED) is 0.747. The van der Waals surface area contributed by atoms with E-state index < -0.39 is 0 Å². The second kappa shape index (κ2) is 8.54. The summed E-state index contributed by atoms with van der Waals surface area (Å²) in [6, 6.07) is 14.9. The van der Waals surface area contributed by atoms with Crippen molar-refractivity contribution in [1.29, 1.82) is 0 Å². The third-order valence-corrected chi connectivity index (χ3v) is 4.90. The summed E-state index contributed by atoms with van der Waals surface area (Å²) in [5, 5.41) is 5.86. The number of aryl methyl sites for hydroxylation is 1. The summed E-state index contributed by atoms with van der Waals surface area (Å²) in [5.41, 5.74) is 0. The lowest BCUT2D eigenvalue weighted by Crippen LogP contribution is -2.48. The van der Waals surface area contributed by atoms with Crippen molar-refractivity contribution >= 4 is 23.2 Å². The molecule has 0 bridgehead atoms. The Morgan fingerprint density at radius 1 is 1.19 bits per heavy atom. The normalized spacial score (nSPS) is 17.8. The molecule has 1 aliphatic rings. The molecule has 2 heterocycles. The molecular formula is C20H25ClN4O. The molecule has 6 heteroatoms. The van der Waals surface area contributed by atoms with Crippen molar-refractivity contribution in [2.45, 2.75) is 6.04 Å². The van der Waals surface area contributed by atoms with E-state index in [2.05, 4.69) is 69.3 Å². The average Bonchev–Trinajstić information content (AvgIpc) is 3.08. The van der Waals surface area contributed by atoms with Crippen LogP contribution < -0.4 is 10.1 Å². The number of benzene rings is 2. The summed E-state index contributed by atoms with van der Waals surface area (Å²) >= 11 is 0. The highest BCUT2D eigenvalue weighted by molar-refractivity contribution is 5.88. The van der Waals surface area contributed by atoms with Gasteiger partial charge < -0.3 is 14.6 Å². The van der Waals surface area contributed by atoms with Crippen molar-refractivity contribution in [3.63, 3.8) is 0 Å². The lowest BCUT2D eigenvalue weighted by molar-refractivity contribution is 0.127. The molecule has 0 spiro atoms. The van der Waals surface area contributed by atoms with Gasteiger partial charge in [-0.25, -0.2) is 4.98 Å². The lowest BCUT2D eigenvalue weighted by Gasteiger charge is -2.35. The van der Waals surface area contributed by atoms with Crippen LogP contribution in [0.25, 0.3) is 10.8 Å². The van der Waals surface area contributed by atoms with Crippen LogP contribution in [0.4, 0.5) is 0 Å². The first kappa shape index (κ1) is 18.7. The van der Waals surface area contributed by atoms with Gasteiger partial charge in [-0.15, -0.1) is 12.4 Å². The van der Waals surface area contributed by atoms with E-state index in [1.165, 1.54) is 10.8 Å². The van der Waals surface area contributed by atoms with Gasteiger partial charge in [-0.1, -0.05) is 36.4 Å². The number of nitrogens with zero attached hydrogens (tertiary/aromatic N) is 3. The summed E-state index contributed by atoms with van der Waals surface area (Å²) in [4.78, 5) is 7.00. The van der Waals surface area contributed by atoms with Gasteiger partial charge in [-0.3, -0.25) is 4.90 Å². The van der Waals surface area contributed by atoms with Crippen molar-refractivity contribution in [2.75, 3.05) is 32.8 Å². The molecule has 3 aromatic rings. The molecule has 1 N–H and O–H groups in total. The second-order valence-corrected chi connectivity index (χ2v) is 6.48.